The van der Waals surface area contributed by atoms with Gasteiger partial charge in [0.2, 0.25) is 0 Å². The molecule has 1 atom stereocenters. The van der Waals surface area contributed by atoms with Crippen LogP contribution in [0.1, 0.15) is 11.6 Å². The van der Waals surface area contributed by atoms with Crippen LogP contribution in [0.4, 0.5) is 4.39 Å². The van der Waals surface area contributed by atoms with Crippen LogP contribution in [0.3, 0.4) is 0 Å². The van der Waals surface area contributed by atoms with E-state index in [9.17, 15) is 4.39 Å². The molecular formula is C11H14FNO2. The zero-order valence-corrected chi connectivity index (χ0v) is 8.63. The quantitative estimate of drug-likeness (QED) is 0.804. The van der Waals surface area contributed by atoms with E-state index in [2.05, 4.69) is 5.32 Å². The molecule has 0 bridgehead atoms. The van der Waals surface area contributed by atoms with Gasteiger partial charge >= 0.3 is 0 Å². The normalized spacial score (nSPS) is 21.3. The molecule has 0 aliphatic carbocycles. The van der Waals surface area contributed by atoms with Crippen molar-refractivity contribution in [1.29, 1.82) is 0 Å². The third kappa shape index (κ3) is 2.11. The lowest BCUT2D eigenvalue weighted by atomic mass is 10.1. The molecule has 0 spiro atoms. The number of para-hydroxylation sites is 1. The van der Waals surface area contributed by atoms with Crippen molar-refractivity contribution in [3.63, 3.8) is 0 Å². The van der Waals surface area contributed by atoms with Crippen molar-refractivity contribution in [2.75, 3.05) is 26.9 Å². The van der Waals surface area contributed by atoms with E-state index in [4.69, 9.17) is 9.47 Å². The number of methoxy groups -OCH3 is 1. The van der Waals surface area contributed by atoms with Gasteiger partial charge < -0.3 is 14.8 Å². The maximum Gasteiger partial charge on any atom is 0.165 e. The molecule has 0 unspecified atom stereocenters. The Morgan fingerprint density at radius 1 is 1.53 bits per heavy atom. The highest BCUT2D eigenvalue weighted by molar-refractivity contribution is 5.37. The highest BCUT2D eigenvalue weighted by atomic mass is 19.1. The molecule has 1 aliphatic rings. The summed E-state index contributed by atoms with van der Waals surface area (Å²) in [5.74, 6) is -0.0251. The summed E-state index contributed by atoms with van der Waals surface area (Å²) in [7, 11) is 1.48. The van der Waals surface area contributed by atoms with Gasteiger partial charge in [-0.1, -0.05) is 12.1 Å². The second-order valence-electron chi connectivity index (χ2n) is 3.44. The van der Waals surface area contributed by atoms with Gasteiger partial charge in [0.05, 0.1) is 26.4 Å². The van der Waals surface area contributed by atoms with E-state index in [1.165, 1.54) is 13.2 Å². The molecule has 0 amide bonds. The summed E-state index contributed by atoms with van der Waals surface area (Å²) in [6, 6.07) is 4.95. The molecule has 0 saturated carbocycles. The standard InChI is InChI=1S/C11H14FNO2/c1-14-11-8(3-2-4-9(11)12)10-7-15-6-5-13-10/h2-4,10,13H,5-7H2,1H3/t10-/m1/s1. The van der Waals surface area contributed by atoms with Gasteiger partial charge in [0.25, 0.3) is 0 Å². The van der Waals surface area contributed by atoms with E-state index in [0.717, 1.165) is 12.1 Å². The van der Waals surface area contributed by atoms with Crippen molar-refractivity contribution in [2.24, 2.45) is 0 Å². The highest BCUT2D eigenvalue weighted by Gasteiger charge is 2.20. The van der Waals surface area contributed by atoms with Crippen LogP contribution >= 0.6 is 0 Å². The van der Waals surface area contributed by atoms with Crippen LogP contribution in [0.25, 0.3) is 0 Å². The number of hydrogen-bond donors (Lipinski definition) is 1. The third-order valence-corrected chi connectivity index (χ3v) is 2.50. The van der Waals surface area contributed by atoms with E-state index in [1.807, 2.05) is 6.07 Å². The van der Waals surface area contributed by atoms with Gasteiger partial charge in [0, 0.05) is 12.1 Å². The van der Waals surface area contributed by atoms with Crippen LogP contribution in [0, 0.1) is 5.82 Å². The molecule has 0 aromatic heterocycles. The molecule has 15 heavy (non-hydrogen) atoms. The van der Waals surface area contributed by atoms with Crippen molar-refractivity contribution in [3.8, 4) is 5.75 Å². The number of halogens is 1. The second-order valence-corrected chi connectivity index (χ2v) is 3.44. The lowest BCUT2D eigenvalue weighted by Crippen LogP contribution is -2.34. The van der Waals surface area contributed by atoms with E-state index < -0.39 is 0 Å². The fourth-order valence-electron chi connectivity index (χ4n) is 1.78. The van der Waals surface area contributed by atoms with E-state index >= 15 is 0 Å². The summed E-state index contributed by atoms with van der Waals surface area (Å²) in [5.41, 5.74) is 0.817. The Morgan fingerprint density at radius 2 is 2.40 bits per heavy atom. The third-order valence-electron chi connectivity index (χ3n) is 2.50. The number of hydrogen-bond acceptors (Lipinski definition) is 3. The monoisotopic (exact) mass is 211 g/mol. The minimum absolute atomic E-state index is 0.0180. The highest BCUT2D eigenvalue weighted by Crippen LogP contribution is 2.28. The van der Waals surface area contributed by atoms with Crippen molar-refractivity contribution in [1.82, 2.24) is 5.32 Å². The summed E-state index contributed by atoms with van der Waals surface area (Å²) in [6.45, 7) is 2.04. The van der Waals surface area contributed by atoms with Crippen molar-refractivity contribution in [2.45, 2.75) is 6.04 Å². The summed E-state index contributed by atoms with van der Waals surface area (Å²) in [4.78, 5) is 0. The maximum atomic E-state index is 13.4. The van der Waals surface area contributed by atoms with Crippen molar-refractivity contribution >= 4 is 0 Å². The Hall–Kier alpha value is -1.13. The first-order valence-electron chi connectivity index (χ1n) is 4.96. The fourth-order valence-corrected chi connectivity index (χ4v) is 1.78. The van der Waals surface area contributed by atoms with Crippen molar-refractivity contribution < 1.29 is 13.9 Å². The summed E-state index contributed by atoms with van der Waals surface area (Å²) < 4.78 is 23.8. The van der Waals surface area contributed by atoms with Crippen LogP contribution in [0.5, 0.6) is 5.75 Å². The number of ether oxygens (including phenoxy) is 2. The Balaban J connectivity index is 2.29. The van der Waals surface area contributed by atoms with E-state index in [0.29, 0.717) is 19.0 Å². The Bertz CT molecular complexity index is 337. The summed E-state index contributed by atoms with van der Waals surface area (Å²) in [5, 5.41) is 3.27. The smallest absolute Gasteiger partial charge is 0.165 e. The van der Waals surface area contributed by atoms with Gasteiger partial charge in [0.15, 0.2) is 11.6 Å². The van der Waals surface area contributed by atoms with E-state index in [1.54, 1.807) is 6.07 Å². The second kappa shape index (κ2) is 4.59. The molecule has 4 heteroatoms. The minimum atomic E-state index is -0.331. The molecule has 1 aromatic carbocycles. The van der Waals surface area contributed by atoms with Crippen LogP contribution in [0.2, 0.25) is 0 Å². The predicted molar refractivity (Wildman–Crippen MR) is 54.5 cm³/mol. The number of rotatable bonds is 2. The molecule has 82 valence electrons. The van der Waals surface area contributed by atoms with Crippen LogP contribution < -0.4 is 10.1 Å². The fraction of sp³-hybridized carbons (Fsp3) is 0.455. The molecule has 1 fully saturated rings. The van der Waals surface area contributed by atoms with Gasteiger partial charge in [-0.25, -0.2) is 4.39 Å². The number of nitrogens with one attached hydrogen (secondary N) is 1. The largest absolute Gasteiger partial charge is 0.493 e. The van der Waals surface area contributed by atoms with Crippen LogP contribution in [-0.2, 0) is 4.74 Å². The summed E-state index contributed by atoms with van der Waals surface area (Å²) >= 11 is 0. The van der Waals surface area contributed by atoms with Crippen LogP contribution in [-0.4, -0.2) is 26.9 Å². The maximum absolute atomic E-state index is 13.4. The lowest BCUT2D eigenvalue weighted by molar-refractivity contribution is 0.0759. The molecule has 1 aliphatic heterocycles. The zero-order chi connectivity index (χ0) is 10.7. The minimum Gasteiger partial charge on any atom is -0.493 e. The molecule has 3 nitrogen and oxygen atoms in total. The molecule has 1 heterocycles. The van der Waals surface area contributed by atoms with Gasteiger partial charge in [-0.3, -0.25) is 0 Å². The average molecular weight is 211 g/mol. The Morgan fingerprint density at radius 3 is 3.07 bits per heavy atom. The molecule has 1 aromatic rings. The predicted octanol–water partition coefficient (Wildman–Crippen LogP) is 1.50. The van der Waals surface area contributed by atoms with Gasteiger partial charge in [-0.15, -0.1) is 0 Å². The van der Waals surface area contributed by atoms with Gasteiger partial charge in [0.1, 0.15) is 0 Å². The Labute approximate surface area is 88.2 Å². The first-order chi connectivity index (χ1) is 7.33. The number of morpholine rings is 1. The SMILES string of the molecule is COc1c(F)cccc1[C@H]1COCCN1. The molecule has 0 radical (unpaired) electrons. The first kappa shape index (κ1) is 10.4. The molecule has 1 N–H and O–H groups in total. The van der Waals surface area contributed by atoms with Gasteiger partial charge in [-0.2, -0.15) is 0 Å². The van der Waals surface area contributed by atoms with Crippen molar-refractivity contribution in [3.05, 3.63) is 29.6 Å². The van der Waals surface area contributed by atoms with Gasteiger partial charge in [-0.05, 0) is 6.07 Å². The summed E-state index contributed by atoms with van der Waals surface area (Å²) in [6.07, 6.45) is 0. The van der Waals surface area contributed by atoms with E-state index in [-0.39, 0.29) is 11.9 Å². The Kier molecular flexibility index (Phi) is 3.18. The number of benzene rings is 1. The zero-order valence-electron chi connectivity index (χ0n) is 8.63. The molecule has 1 saturated heterocycles. The molecular weight excluding hydrogens is 197 g/mol. The average Bonchev–Trinajstić information content (AvgIpc) is 2.30. The lowest BCUT2D eigenvalue weighted by Gasteiger charge is -2.25. The van der Waals surface area contributed by atoms with Crippen LogP contribution in [0.15, 0.2) is 18.2 Å². The topological polar surface area (TPSA) is 30.5 Å². The first-order valence-corrected chi connectivity index (χ1v) is 4.96. The molecule has 2 rings (SSSR count).